The molecule has 1 heterocycles. The van der Waals surface area contributed by atoms with Crippen LogP contribution < -0.4 is 0 Å². The largest absolute Gasteiger partial charge is 0.299 e. The number of carbonyl (C=O) groups excluding carboxylic acids is 1. The Hall–Kier alpha value is -1.12. The molecule has 0 fully saturated rings. The Bertz CT molecular complexity index is 545. The highest BCUT2D eigenvalue weighted by atomic mass is 35.5. The second-order valence-electron chi connectivity index (χ2n) is 4.24. The van der Waals surface area contributed by atoms with E-state index in [1.165, 1.54) is 4.88 Å². The molecule has 94 valence electrons. The van der Waals surface area contributed by atoms with Crippen LogP contribution >= 0.6 is 22.9 Å². The number of ketones is 1. The summed E-state index contributed by atoms with van der Waals surface area (Å²) in [5.41, 5.74) is 0.986. The molecule has 0 N–H and O–H groups in total. The topological polar surface area (TPSA) is 17.1 Å². The van der Waals surface area contributed by atoms with Crippen LogP contribution in [-0.2, 0) is 24.1 Å². The van der Waals surface area contributed by atoms with Gasteiger partial charge in [0.15, 0.2) is 0 Å². The lowest BCUT2D eigenvalue weighted by Gasteiger charge is -2.00. The third kappa shape index (κ3) is 3.69. The molecule has 1 aromatic heterocycles. The lowest BCUT2D eigenvalue weighted by atomic mass is 10.1. The standard InChI is InChI=1S/C15H15ClOS/c1-2-14-6-7-15(18-14)10-13(17)9-11-4-3-5-12(16)8-11/h3-8H,2,9-10H2,1H3. The maximum absolute atomic E-state index is 12.0. The van der Waals surface area contributed by atoms with Crippen molar-refractivity contribution in [1.82, 2.24) is 0 Å². The molecule has 0 saturated carbocycles. The molecule has 0 aliphatic carbocycles. The van der Waals surface area contributed by atoms with Crippen LogP contribution in [0, 0.1) is 0 Å². The molecular formula is C15H15ClOS. The number of hydrogen-bond donors (Lipinski definition) is 0. The minimum Gasteiger partial charge on any atom is -0.299 e. The fraction of sp³-hybridized carbons (Fsp3) is 0.267. The van der Waals surface area contributed by atoms with Gasteiger partial charge in [0.2, 0.25) is 0 Å². The van der Waals surface area contributed by atoms with Crippen molar-refractivity contribution in [2.24, 2.45) is 0 Å². The Labute approximate surface area is 116 Å². The lowest BCUT2D eigenvalue weighted by molar-refractivity contribution is -0.117. The average molecular weight is 279 g/mol. The van der Waals surface area contributed by atoms with E-state index < -0.39 is 0 Å². The van der Waals surface area contributed by atoms with E-state index in [0.717, 1.165) is 16.9 Å². The minimum absolute atomic E-state index is 0.238. The van der Waals surface area contributed by atoms with Crippen LogP contribution in [0.1, 0.15) is 22.2 Å². The van der Waals surface area contributed by atoms with Crippen LogP contribution in [0.2, 0.25) is 5.02 Å². The van der Waals surface area contributed by atoms with Crippen molar-refractivity contribution in [1.29, 1.82) is 0 Å². The SMILES string of the molecule is CCc1ccc(CC(=O)Cc2cccc(Cl)c2)s1. The number of halogens is 1. The Balaban J connectivity index is 1.96. The van der Waals surface area contributed by atoms with Crippen LogP contribution in [0.25, 0.3) is 0 Å². The summed E-state index contributed by atoms with van der Waals surface area (Å²) in [4.78, 5) is 14.4. The van der Waals surface area contributed by atoms with E-state index in [-0.39, 0.29) is 5.78 Å². The van der Waals surface area contributed by atoms with Crippen molar-refractivity contribution < 1.29 is 4.79 Å². The van der Waals surface area contributed by atoms with E-state index in [0.29, 0.717) is 17.9 Å². The number of Topliss-reactive ketones (excluding diaryl/α,β-unsaturated/α-hetero) is 1. The first-order chi connectivity index (χ1) is 8.67. The van der Waals surface area contributed by atoms with Crippen molar-refractivity contribution in [3.8, 4) is 0 Å². The van der Waals surface area contributed by atoms with Gasteiger partial charge in [-0.1, -0.05) is 30.7 Å². The van der Waals surface area contributed by atoms with Crippen molar-refractivity contribution in [2.45, 2.75) is 26.2 Å². The molecule has 0 amide bonds. The highest BCUT2D eigenvalue weighted by Gasteiger charge is 2.07. The van der Waals surface area contributed by atoms with Crippen LogP contribution in [0.4, 0.5) is 0 Å². The summed E-state index contributed by atoms with van der Waals surface area (Å²) in [5, 5.41) is 0.685. The molecule has 0 radical (unpaired) electrons. The zero-order valence-corrected chi connectivity index (χ0v) is 11.9. The first-order valence-corrected chi connectivity index (χ1v) is 7.20. The van der Waals surface area contributed by atoms with Crippen LogP contribution in [-0.4, -0.2) is 5.78 Å². The zero-order valence-electron chi connectivity index (χ0n) is 10.3. The maximum atomic E-state index is 12.0. The van der Waals surface area contributed by atoms with Gasteiger partial charge >= 0.3 is 0 Å². The van der Waals surface area contributed by atoms with Gasteiger partial charge in [-0.3, -0.25) is 4.79 Å². The van der Waals surface area contributed by atoms with E-state index in [9.17, 15) is 4.79 Å². The Kier molecular flexibility index (Phi) is 4.56. The molecule has 1 aromatic carbocycles. The fourth-order valence-corrected chi connectivity index (χ4v) is 3.04. The molecule has 0 spiro atoms. The van der Waals surface area contributed by atoms with Gasteiger partial charge in [0.25, 0.3) is 0 Å². The molecule has 0 unspecified atom stereocenters. The average Bonchev–Trinajstić information content (AvgIpc) is 2.76. The molecule has 18 heavy (non-hydrogen) atoms. The number of rotatable bonds is 5. The van der Waals surface area contributed by atoms with E-state index in [2.05, 4.69) is 19.1 Å². The molecule has 0 aliphatic heterocycles. The van der Waals surface area contributed by atoms with Gasteiger partial charge in [0.1, 0.15) is 5.78 Å². The quantitative estimate of drug-likeness (QED) is 0.796. The highest BCUT2D eigenvalue weighted by Crippen LogP contribution is 2.18. The summed E-state index contributed by atoms with van der Waals surface area (Å²) in [7, 11) is 0. The fourth-order valence-electron chi connectivity index (χ4n) is 1.84. The monoisotopic (exact) mass is 278 g/mol. The van der Waals surface area contributed by atoms with E-state index in [1.807, 2.05) is 24.3 Å². The summed E-state index contributed by atoms with van der Waals surface area (Å²) in [6.45, 7) is 2.13. The normalized spacial score (nSPS) is 10.6. The minimum atomic E-state index is 0.238. The lowest BCUT2D eigenvalue weighted by Crippen LogP contribution is -2.05. The summed E-state index contributed by atoms with van der Waals surface area (Å²) in [5.74, 6) is 0.238. The van der Waals surface area contributed by atoms with Crippen molar-refractivity contribution in [3.05, 3.63) is 56.7 Å². The highest BCUT2D eigenvalue weighted by molar-refractivity contribution is 7.12. The van der Waals surface area contributed by atoms with Gasteiger partial charge in [-0.2, -0.15) is 0 Å². The molecule has 2 aromatic rings. The number of carbonyl (C=O) groups is 1. The second kappa shape index (κ2) is 6.17. The van der Waals surface area contributed by atoms with Crippen LogP contribution in [0.15, 0.2) is 36.4 Å². The second-order valence-corrected chi connectivity index (χ2v) is 5.93. The first kappa shape index (κ1) is 13.3. The van der Waals surface area contributed by atoms with E-state index >= 15 is 0 Å². The summed E-state index contributed by atoms with van der Waals surface area (Å²) in [6, 6.07) is 11.7. The Morgan fingerprint density at radius 1 is 1.17 bits per heavy atom. The van der Waals surface area contributed by atoms with Gasteiger partial charge in [-0.15, -0.1) is 11.3 Å². The summed E-state index contributed by atoms with van der Waals surface area (Å²) >= 11 is 7.63. The van der Waals surface area contributed by atoms with Crippen molar-refractivity contribution in [3.63, 3.8) is 0 Å². The van der Waals surface area contributed by atoms with Crippen molar-refractivity contribution in [2.75, 3.05) is 0 Å². The third-order valence-corrected chi connectivity index (χ3v) is 4.19. The van der Waals surface area contributed by atoms with Crippen LogP contribution in [0.3, 0.4) is 0 Å². The third-order valence-electron chi connectivity index (χ3n) is 2.73. The zero-order chi connectivity index (χ0) is 13.0. The molecule has 1 nitrogen and oxygen atoms in total. The van der Waals surface area contributed by atoms with Gasteiger partial charge in [-0.05, 0) is 36.2 Å². The molecule has 0 aliphatic rings. The van der Waals surface area contributed by atoms with Gasteiger partial charge in [0, 0.05) is 27.6 Å². The molecule has 0 saturated heterocycles. The number of aryl methyl sites for hydroxylation is 1. The van der Waals surface area contributed by atoms with Crippen molar-refractivity contribution >= 4 is 28.7 Å². The molecule has 0 bridgehead atoms. The smallest absolute Gasteiger partial charge is 0.142 e. The Morgan fingerprint density at radius 2 is 1.94 bits per heavy atom. The predicted molar refractivity (Wildman–Crippen MR) is 77.6 cm³/mol. The molecule has 3 heteroatoms. The molecule has 0 atom stereocenters. The number of benzene rings is 1. The number of hydrogen-bond acceptors (Lipinski definition) is 2. The van der Waals surface area contributed by atoms with Gasteiger partial charge in [0.05, 0.1) is 0 Å². The summed E-state index contributed by atoms with van der Waals surface area (Å²) in [6.07, 6.45) is 2.02. The molecule has 2 rings (SSSR count). The summed E-state index contributed by atoms with van der Waals surface area (Å²) < 4.78 is 0. The predicted octanol–water partition coefficient (Wildman–Crippen LogP) is 4.32. The molecular weight excluding hydrogens is 264 g/mol. The van der Waals surface area contributed by atoms with E-state index in [1.54, 1.807) is 11.3 Å². The Morgan fingerprint density at radius 3 is 2.61 bits per heavy atom. The first-order valence-electron chi connectivity index (χ1n) is 6.01. The van der Waals surface area contributed by atoms with Crippen LogP contribution in [0.5, 0.6) is 0 Å². The maximum Gasteiger partial charge on any atom is 0.142 e. The van der Waals surface area contributed by atoms with Gasteiger partial charge in [-0.25, -0.2) is 0 Å². The van der Waals surface area contributed by atoms with Gasteiger partial charge < -0.3 is 0 Å². The van der Waals surface area contributed by atoms with E-state index in [4.69, 9.17) is 11.6 Å². The number of thiophene rings is 1.